The van der Waals surface area contributed by atoms with Crippen molar-refractivity contribution in [3.63, 3.8) is 0 Å². The van der Waals surface area contributed by atoms with Gasteiger partial charge in [0.2, 0.25) is 0 Å². The summed E-state index contributed by atoms with van der Waals surface area (Å²) in [6, 6.07) is 7.70. The Morgan fingerprint density at radius 1 is 1.45 bits per heavy atom. The SMILES string of the molecule is CC[C@@](C)(O)CSc1nncn1-c1cccc(OC)c1. The number of ether oxygens (including phenoxy) is 1. The first-order chi connectivity index (χ1) is 9.55. The highest BCUT2D eigenvalue weighted by atomic mass is 32.2. The van der Waals surface area contributed by atoms with Gasteiger partial charge >= 0.3 is 0 Å². The van der Waals surface area contributed by atoms with Gasteiger partial charge in [0.05, 0.1) is 18.4 Å². The molecule has 0 unspecified atom stereocenters. The zero-order chi connectivity index (χ0) is 14.6. The molecule has 0 saturated heterocycles. The van der Waals surface area contributed by atoms with Gasteiger partial charge in [-0.2, -0.15) is 0 Å². The van der Waals surface area contributed by atoms with Crippen molar-refractivity contribution in [2.24, 2.45) is 0 Å². The van der Waals surface area contributed by atoms with E-state index in [2.05, 4.69) is 10.2 Å². The van der Waals surface area contributed by atoms with Crippen molar-refractivity contribution in [1.29, 1.82) is 0 Å². The molecule has 2 rings (SSSR count). The molecule has 0 amide bonds. The van der Waals surface area contributed by atoms with Crippen LogP contribution in [0, 0.1) is 0 Å². The number of aliphatic hydroxyl groups is 1. The van der Waals surface area contributed by atoms with Gasteiger partial charge in [-0.1, -0.05) is 24.8 Å². The average Bonchev–Trinajstić information content (AvgIpc) is 2.94. The largest absolute Gasteiger partial charge is 0.497 e. The Balaban J connectivity index is 2.19. The summed E-state index contributed by atoms with van der Waals surface area (Å²) in [5.41, 5.74) is 0.239. The van der Waals surface area contributed by atoms with E-state index in [9.17, 15) is 5.11 Å². The van der Waals surface area contributed by atoms with E-state index in [0.717, 1.165) is 16.6 Å². The second-order valence-electron chi connectivity index (χ2n) is 4.82. The molecule has 0 aliphatic rings. The van der Waals surface area contributed by atoms with Crippen molar-refractivity contribution < 1.29 is 9.84 Å². The van der Waals surface area contributed by atoms with E-state index in [1.807, 2.05) is 42.7 Å². The predicted octanol–water partition coefficient (Wildman–Crippen LogP) is 2.53. The maximum absolute atomic E-state index is 10.1. The molecule has 0 bridgehead atoms. The molecule has 0 fully saturated rings. The topological polar surface area (TPSA) is 60.2 Å². The van der Waals surface area contributed by atoms with Crippen molar-refractivity contribution in [2.75, 3.05) is 12.9 Å². The molecule has 108 valence electrons. The van der Waals surface area contributed by atoms with Crippen molar-refractivity contribution in [3.8, 4) is 11.4 Å². The van der Waals surface area contributed by atoms with Gasteiger partial charge in [-0.05, 0) is 25.5 Å². The lowest BCUT2D eigenvalue weighted by Gasteiger charge is -2.20. The van der Waals surface area contributed by atoms with Gasteiger partial charge in [-0.15, -0.1) is 10.2 Å². The molecular formula is C14H19N3O2S. The van der Waals surface area contributed by atoms with Gasteiger partial charge in [0.1, 0.15) is 12.1 Å². The Morgan fingerprint density at radius 2 is 2.25 bits per heavy atom. The highest BCUT2D eigenvalue weighted by Gasteiger charge is 2.19. The summed E-state index contributed by atoms with van der Waals surface area (Å²) >= 11 is 1.49. The summed E-state index contributed by atoms with van der Waals surface area (Å²) in [5, 5.41) is 18.9. The molecule has 6 heteroatoms. The molecule has 2 aromatic rings. The van der Waals surface area contributed by atoms with Crippen molar-refractivity contribution in [1.82, 2.24) is 14.8 Å². The van der Waals surface area contributed by atoms with E-state index in [4.69, 9.17) is 4.74 Å². The van der Waals surface area contributed by atoms with E-state index in [1.165, 1.54) is 11.8 Å². The average molecular weight is 293 g/mol. The van der Waals surface area contributed by atoms with Crippen LogP contribution in [-0.2, 0) is 0 Å². The summed E-state index contributed by atoms with van der Waals surface area (Å²) in [4.78, 5) is 0. The summed E-state index contributed by atoms with van der Waals surface area (Å²) in [7, 11) is 1.64. The molecule has 1 atom stereocenters. The van der Waals surface area contributed by atoms with Crippen molar-refractivity contribution in [2.45, 2.75) is 31.0 Å². The van der Waals surface area contributed by atoms with E-state index in [0.29, 0.717) is 12.2 Å². The van der Waals surface area contributed by atoms with Crippen LogP contribution in [0.3, 0.4) is 0 Å². The number of rotatable bonds is 6. The summed E-state index contributed by atoms with van der Waals surface area (Å²) in [5.74, 6) is 1.36. The van der Waals surface area contributed by atoms with Crippen LogP contribution in [0.4, 0.5) is 0 Å². The summed E-state index contributed by atoms with van der Waals surface area (Å²) in [6.07, 6.45) is 2.37. The van der Waals surface area contributed by atoms with E-state index in [1.54, 1.807) is 13.4 Å². The number of aromatic nitrogens is 3. The first-order valence-corrected chi connectivity index (χ1v) is 7.44. The highest BCUT2D eigenvalue weighted by Crippen LogP contribution is 2.26. The van der Waals surface area contributed by atoms with Crippen LogP contribution in [0.5, 0.6) is 5.75 Å². The number of methoxy groups -OCH3 is 1. The van der Waals surface area contributed by atoms with Gasteiger partial charge in [-0.25, -0.2) is 0 Å². The molecule has 0 aliphatic carbocycles. The van der Waals surface area contributed by atoms with Gasteiger partial charge < -0.3 is 9.84 Å². The van der Waals surface area contributed by atoms with Gasteiger partial charge in [-0.3, -0.25) is 4.57 Å². The molecule has 0 aliphatic heterocycles. The van der Waals surface area contributed by atoms with Gasteiger partial charge in [0.15, 0.2) is 5.16 Å². The van der Waals surface area contributed by atoms with Gasteiger partial charge in [0, 0.05) is 11.8 Å². The molecule has 1 aromatic carbocycles. The molecule has 0 spiro atoms. The number of hydrogen-bond donors (Lipinski definition) is 1. The molecular weight excluding hydrogens is 274 g/mol. The number of thioether (sulfide) groups is 1. The van der Waals surface area contributed by atoms with Crippen molar-refractivity contribution >= 4 is 11.8 Å². The van der Waals surface area contributed by atoms with Gasteiger partial charge in [0.25, 0.3) is 0 Å². The predicted molar refractivity (Wildman–Crippen MR) is 79.5 cm³/mol. The minimum absolute atomic E-state index is 0.576. The third kappa shape index (κ3) is 3.52. The second kappa shape index (κ2) is 6.28. The quantitative estimate of drug-likeness (QED) is 0.829. The Hall–Kier alpha value is -1.53. The smallest absolute Gasteiger partial charge is 0.195 e. The molecule has 0 radical (unpaired) electrons. The van der Waals surface area contributed by atoms with Crippen LogP contribution >= 0.6 is 11.8 Å². The van der Waals surface area contributed by atoms with Crippen LogP contribution in [0.15, 0.2) is 35.7 Å². The van der Waals surface area contributed by atoms with Crippen molar-refractivity contribution in [3.05, 3.63) is 30.6 Å². The first-order valence-electron chi connectivity index (χ1n) is 6.45. The maximum atomic E-state index is 10.1. The van der Waals surface area contributed by atoms with E-state index >= 15 is 0 Å². The fraction of sp³-hybridized carbons (Fsp3) is 0.429. The molecule has 1 aromatic heterocycles. The Bertz CT molecular complexity index is 569. The van der Waals surface area contributed by atoms with E-state index < -0.39 is 5.60 Å². The number of benzene rings is 1. The lowest BCUT2D eigenvalue weighted by atomic mass is 10.1. The van der Waals surface area contributed by atoms with Crippen LogP contribution in [0.1, 0.15) is 20.3 Å². The van der Waals surface area contributed by atoms with Crippen LogP contribution < -0.4 is 4.74 Å². The molecule has 1 N–H and O–H groups in total. The monoisotopic (exact) mass is 293 g/mol. The standard InChI is InChI=1S/C14H19N3O2S/c1-4-14(2,18)9-20-13-16-15-10-17(13)11-6-5-7-12(8-11)19-3/h5-8,10,18H,4,9H2,1-3H3/t14-/m1/s1. The third-order valence-corrected chi connectivity index (χ3v) is 4.42. The molecule has 1 heterocycles. The van der Waals surface area contributed by atoms with E-state index in [-0.39, 0.29) is 0 Å². The lowest BCUT2D eigenvalue weighted by Crippen LogP contribution is -2.26. The third-order valence-electron chi connectivity index (χ3n) is 3.12. The lowest BCUT2D eigenvalue weighted by molar-refractivity contribution is 0.0815. The van der Waals surface area contributed by atoms with Crippen LogP contribution in [0.25, 0.3) is 5.69 Å². The molecule has 0 saturated carbocycles. The van der Waals surface area contributed by atoms with Crippen LogP contribution in [-0.4, -0.2) is 38.3 Å². The normalized spacial score (nSPS) is 14.0. The fourth-order valence-corrected chi connectivity index (χ4v) is 2.62. The Morgan fingerprint density at radius 3 is 2.95 bits per heavy atom. The highest BCUT2D eigenvalue weighted by molar-refractivity contribution is 7.99. The summed E-state index contributed by atoms with van der Waals surface area (Å²) < 4.78 is 7.11. The fourth-order valence-electron chi connectivity index (χ4n) is 1.58. The maximum Gasteiger partial charge on any atom is 0.195 e. The minimum Gasteiger partial charge on any atom is -0.497 e. The molecule has 20 heavy (non-hydrogen) atoms. The van der Waals surface area contributed by atoms with Crippen LogP contribution in [0.2, 0.25) is 0 Å². The number of hydrogen-bond acceptors (Lipinski definition) is 5. The first kappa shape index (κ1) is 14.9. The number of nitrogens with zero attached hydrogens (tertiary/aromatic N) is 3. The Labute approximate surface area is 123 Å². The Kier molecular flexibility index (Phi) is 4.67. The molecule has 5 nitrogen and oxygen atoms in total. The minimum atomic E-state index is -0.699. The summed E-state index contributed by atoms with van der Waals surface area (Å²) in [6.45, 7) is 3.79. The zero-order valence-corrected chi connectivity index (χ0v) is 12.7. The zero-order valence-electron chi connectivity index (χ0n) is 11.9. The second-order valence-corrected chi connectivity index (χ2v) is 5.77.